The maximum Gasteiger partial charge on any atom is 0.322 e. The lowest BCUT2D eigenvalue weighted by atomic mass is 10.2. The summed E-state index contributed by atoms with van der Waals surface area (Å²) in [6.07, 6.45) is 0. The van der Waals surface area contributed by atoms with Gasteiger partial charge in [-0.2, -0.15) is 4.98 Å². The van der Waals surface area contributed by atoms with Gasteiger partial charge in [-0.25, -0.2) is 0 Å². The van der Waals surface area contributed by atoms with Crippen LogP contribution in [0.4, 0.5) is 0 Å². The first-order valence-corrected chi connectivity index (χ1v) is 6.11. The van der Waals surface area contributed by atoms with Crippen LogP contribution in [0.25, 0.3) is 11.4 Å². The SMILES string of the molecule is COc1ccc(-c2noc(C(=O)NCC(=O)O)n2)cc1OC. The van der Waals surface area contributed by atoms with Crippen molar-refractivity contribution < 1.29 is 28.7 Å². The number of carbonyl (C=O) groups is 2. The van der Waals surface area contributed by atoms with Crippen molar-refractivity contribution in [1.29, 1.82) is 0 Å². The van der Waals surface area contributed by atoms with E-state index in [0.717, 1.165) is 0 Å². The van der Waals surface area contributed by atoms with Crippen LogP contribution in [-0.4, -0.2) is 47.9 Å². The Bertz CT molecular complexity index is 697. The highest BCUT2D eigenvalue weighted by atomic mass is 16.5. The van der Waals surface area contributed by atoms with Gasteiger partial charge in [0.25, 0.3) is 0 Å². The second kappa shape index (κ2) is 6.57. The van der Waals surface area contributed by atoms with Crippen LogP contribution in [-0.2, 0) is 4.79 Å². The zero-order valence-corrected chi connectivity index (χ0v) is 11.8. The summed E-state index contributed by atoms with van der Waals surface area (Å²) < 4.78 is 15.1. The molecule has 0 aliphatic carbocycles. The summed E-state index contributed by atoms with van der Waals surface area (Å²) in [6, 6.07) is 4.96. The van der Waals surface area contributed by atoms with Crippen LogP contribution >= 0.6 is 0 Å². The standard InChI is InChI=1S/C13H13N3O6/c1-20-8-4-3-7(5-9(8)21-2)11-15-13(22-16-11)12(19)14-6-10(17)18/h3-5H,6H2,1-2H3,(H,14,19)(H,17,18). The summed E-state index contributed by atoms with van der Waals surface area (Å²) in [7, 11) is 3.00. The van der Waals surface area contributed by atoms with Gasteiger partial charge < -0.3 is 24.4 Å². The minimum atomic E-state index is -1.17. The minimum Gasteiger partial charge on any atom is -0.493 e. The molecule has 1 aromatic carbocycles. The Labute approximate surface area is 124 Å². The van der Waals surface area contributed by atoms with E-state index in [2.05, 4.69) is 15.5 Å². The molecular formula is C13H13N3O6. The third-order valence-electron chi connectivity index (χ3n) is 2.66. The topological polar surface area (TPSA) is 124 Å². The van der Waals surface area contributed by atoms with E-state index in [1.54, 1.807) is 18.2 Å². The number of amides is 1. The summed E-state index contributed by atoms with van der Waals surface area (Å²) in [5.74, 6) is -1.09. The highest BCUT2D eigenvalue weighted by molar-refractivity contribution is 5.91. The number of aromatic nitrogens is 2. The minimum absolute atomic E-state index is 0.168. The fourth-order valence-corrected chi connectivity index (χ4v) is 1.64. The van der Waals surface area contributed by atoms with E-state index in [1.807, 2.05) is 0 Å². The molecule has 1 heterocycles. The number of hydrogen-bond donors (Lipinski definition) is 2. The third kappa shape index (κ3) is 3.32. The second-order valence-corrected chi connectivity index (χ2v) is 4.07. The number of benzene rings is 1. The molecule has 2 N–H and O–H groups in total. The monoisotopic (exact) mass is 307 g/mol. The van der Waals surface area contributed by atoms with E-state index >= 15 is 0 Å². The van der Waals surface area contributed by atoms with E-state index in [0.29, 0.717) is 17.1 Å². The molecule has 0 aliphatic heterocycles. The number of carboxylic acid groups (broad SMARTS) is 1. The van der Waals surface area contributed by atoms with Crippen LogP contribution in [0.5, 0.6) is 11.5 Å². The number of carbonyl (C=O) groups excluding carboxylic acids is 1. The Morgan fingerprint density at radius 3 is 2.64 bits per heavy atom. The molecule has 116 valence electrons. The fourth-order valence-electron chi connectivity index (χ4n) is 1.64. The van der Waals surface area contributed by atoms with Crippen LogP contribution in [0.15, 0.2) is 22.7 Å². The Kier molecular flexibility index (Phi) is 4.57. The first-order valence-electron chi connectivity index (χ1n) is 6.11. The molecule has 0 fully saturated rings. The summed E-state index contributed by atoms with van der Waals surface area (Å²) in [4.78, 5) is 25.9. The normalized spacial score (nSPS) is 10.1. The number of rotatable bonds is 6. The molecule has 1 amide bonds. The zero-order chi connectivity index (χ0) is 16.1. The van der Waals surface area contributed by atoms with Crippen LogP contribution in [0.2, 0.25) is 0 Å². The van der Waals surface area contributed by atoms with E-state index in [-0.39, 0.29) is 11.7 Å². The molecule has 2 aromatic rings. The molecule has 1 aromatic heterocycles. The van der Waals surface area contributed by atoms with Gasteiger partial charge in [-0.1, -0.05) is 5.16 Å². The predicted molar refractivity (Wildman–Crippen MR) is 72.8 cm³/mol. The van der Waals surface area contributed by atoms with Crippen molar-refractivity contribution in [3.05, 3.63) is 24.1 Å². The zero-order valence-electron chi connectivity index (χ0n) is 11.8. The molecule has 0 atom stereocenters. The van der Waals surface area contributed by atoms with E-state index in [4.69, 9.17) is 19.1 Å². The van der Waals surface area contributed by atoms with E-state index in [1.165, 1.54) is 14.2 Å². The van der Waals surface area contributed by atoms with Crippen molar-refractivity contribution in [2.75, 3.05) is 20.8 Å². The predicted octanol–water partition coefficient (Wildman–Crippen LogP) is 0.568. The van der Waals surface area contributed by atoms with Gasteiger partial charge in [0.1, 0.15) is 6.54 Å². The van der Waals surface area contributed by atoms with Crippen LogP contribution < -0.4 is 14.8 Å². The number of nitrogens with zero attached hydrogens (tertiary/aromatic N) is 2. The maximum atomic E-state index is 11.6. The summed E-state index contributed by atoms with van der Waals surface area (Å²) in [5, 5.41) is 14.3. The first-order chi connectivity index (χ1) is 10.5. The van der Waals surface area contributed by atoms with Crippen molar-refractivity contribution in [2.24, 2.45) is 0 Å². The summed E-state index contributed by atoms with van der Waals surface area (Å²) in [5.41, 5.74) is 0.554. The lowest BCUT2D eigenvalue weighted by Gasteiger charge is -2.07. The van der Waals surface area contributed by atoms with E-state index in [9.17, 15) is 9.59 Å². The third-order valence-corrected chi connectivity index (χ3v) is 2.66. The second-order valence-electron chi connectivity index (χ2n) is 4.07. The highest BCUT2D eigenvalue weighted by Crippen LogP contribution is 2.31. The van der Waals surface area contributed by atoms with Gasteiger partial charge in [0, 0.05) is 5.56 Å². The van der Waals surface area contributed by atoms with Crippen molar-refractivity contribution >= 4 is 11.9 Å². The molecule has 0 spiro atoms. The molecule has 0 saturated carbocycles. The van der Waals surface area contributed by atoms with Gasteiger partial charge in [-0.05, 0) is 18.2 Å². The molecule has 0 bridgehead atoms. The summed E-state index contributed by atoms with van der Waals surface area (Å²) >= 11 is 0. The van der Waals surface area contributed by atoms with Crippen molar-refractivity contribution in [1.82, 2.24) is 15.5 Å². The van der Waals surface area contributed by atoms with Crippen LogP contribution in [0, 0.1) is 0 Å². The molecule has 2 rings (SSSR count). The van der Waals surface area contributed by atoms with E-state index < -0.39 is 18.4 Å². The largest absolute Gasteiger partial charge is 0.493 e. The molecule has 0 radical (unpaired) electrons. The molecule has 0 aliphatic rings. The van der Waals surface area contributed by atoms with Gasteiger partial charge >= 0.3 is 17.8 Å². The lowest BCUT2D eigenvalue weighted by molar-refractivity contribution is -0.135. The smallest absolute Gasteiger partial charge is 0.322 e. The highest BCUT2D eigenvalue weighted by Gasteiger charge is 2.17. The van der Waals surface area contributed by atoms with Crippen LogP contribution in [0.1, 0.15) is 10.7 Å². The molecule has 9 nitrogen and oxygen atoms in total. The number of nitrogens with one attached hydrogen (secondary N) is 1. The van der Waals surface area contributed by atoms with Gasteiger partial charge in [0.15, 0.2) is 11.5 Å². The van der Waals surface area contributed by atoms with Crippen molar-refractivity contribution in [2.45, 2.75) is 0 Å². The maximum absolute atomic E-state index is 11.6. The van der Waals surface area contributed by atoms with Gasteiger partial charge in [0.2, 0.25) is 5.82 Å². The Morgan fingerprint density at radius 2 is 2.00 bits per heavy atom. The molecular weight excluding hydrogens is 294 g/mol. The molecule has 0 saturated heterocycles. The van der Waals surface area contributed by atoms with Gasteiger partial charge in [-0.3, -0.25) is 9.59 Å². The number of aliphatic carboxylic acids is 1. The molecule has 9 heteroatoms. The molecule has 22 heavy (non-hydrogen) atoms. The average Bonchev–Trinajstić information content (AvgIpc) is 3.01. The fraction of sp³-hybridized carbons (Fsp3) is 0.231. The number of methoxy groups -OCH3 is 2. The summed E-state index contributed by atoms with van der Waals surface area (Å²) in [6.45, 7) is -0.535. The number of carboxylic acids is 1. The molecule has 0 unspecified atom stereocenters. The quantitative estimate of drug-likeness (QED) is 0.793. The lowest BCUT2D eigenvalue weighted by Crippen LogP contribution is -2.29. The van der Waals surface area contributed by atoms with Gasteiger partial charge in [0.05, 0.1) is 14.2 Å². The van der Waals surface area contributed by atoms with Crippen molar-refractivity contribution in [3.8, 4) is 22.9 Å². The Balaban J connectivity index is 2.21. The van der Waals surface area contributed by atoms with Gasteiger partial charge in [-0.15, -0.1) is 0 Å². The Hall–Kier alpha value is -3.10. The first kappa shape index (κ1) is 15.3. The van der Waals surface area contributed by atoms with Crippen molar-refractivity contribution in [3.63, 3.8) is 0 Å². The number of ether oxygens (including phenoxy) is 2. The average molecular weight is 307 g/mol. The Morgan fingerprint density at radius 1 is 1.27 bits per heavy atom. The van der Waals surface area contributed by atoms with Crippen LogP contribution in [0.3, 0.4) is 0 Å². The number of hydrogen-bond acceptors (Lipinski definition) is 7.